The third-order valence-corrected chi connectivity index (χ3v) is 6.19. The lowest BCUT2D eigenvalue weighted by atomic mass is 10.0. The third kappa shape index (κ3) is 3.44. The summed E-state index contributed by atoms with van der Waals surface area (Å²) in [7, 11) is 0. The van der Waals surface area contributed by atoms with E-state index in [1.165, 1.54) is 11.1 Å². The van der Waals surface area contributed by atoms with Crippen LogP contribution in [-0.4, -0.2) is 39.6 Å². The van der Waals surface area contributed by atoms with E-state index in [0.717, 1.165) is 36.3 Å². The molecule has 26 heavy (non-hydrogen) atoms. The molecule has 5 heteroatoms. The van der Waals surface area contributed by atoms with Gasteiger partial charge in [-0.1, -0.05) is 24.3 Å². The van der Waals surface area contributed by atoms with Crippen LogP contribution in [0.15, 0.2) is 54.9 Å². The quantitative estimate of drug-likeness (QED) is 0.682. The lowest BCUT2D eigenvalue weighted by Crippen LogP contribution is -2.33. The Bertz CT molecular complexity index is 943. The fourth-order valence-corrected chi connectivity index (χ4v) is 4.78. The average molecular weight is 363 g/mol. The molecule has 1 atom stereocenters. The van der Waals surface area contributed by atoms with Crippen molar-refractivity contribution in [3.05, 3.63) is 71.5 Å². The number of rotatable bonds is 2. The van der Waals surface area contributed by atoms with Gasteiger partial charge in [0.2, 0.25) is 0 Å². The van der Waals surface area contributed by atoms with E-state index >= 15 is 0 Å². The Morgan fingerprint density at radius 2 is 1.88 bits per heavy atom. The highest BCUT2D eigenvalue weighted by molar-refractivity contribution is 7.99. The number of carbonyl (C=O) groups is 1. The van der Waals surface area contributed by atoms with Gasteiger partial charge in [-0.05, 0) is 42.7 Å². The first kappa shape index (κ1) is 17.0. The first-order valence-electron chi connectivity index (χ1n) is 8.89. The van der Waals surface area contributed by atoms with Crippen LogP contribution in [0.4, 0.5) is 0 Å². The second-order valence-electron chi connectivity index (χ2n) is 6.56. The van der Waals surface area contributed by atoms with Gasteiger partial charge in [0.1, 0.15) is 0 Å². The van der Waals surface area contributed by atoms with Crippen molar-refractivity contribution in [3.8, 4) is 0 Å². The van der Waals surface area contributed by atoms with Crippen molar-refractivity contribution in [3.63, 3.8) is 0 Å². The molecule has 2 heterocycles. The zero-order valence-corrected chi connectivity index (χ0v) is 15.6. The van der Waals surface area contributed by atoms with Gasteiger partial charge >= 0.3 is 0 Å². The first-order chi connectivity index (χ1) is 12.7. The molecule has 132 valence electrons. The van der Waals surface area contributed by atoms with Crippen LogP contribution in [0.2, 0.25) is 0 Å². The molecule has 0 radical (unpaired) electrons. The number of aromatic nitrogens is 2. The van der Waals surface area contributed by atoms with Crippen molar-refractivity contribution < 1.29 is 4.79 Å². The van der Waals surface area contributed by atoms with Crippen LogP contribution in [0.5, 0.6) is 0 Å². The summed E-state index contributed by atoms with van der Waals surface area (Å²) in [6, 6.07) is 14.1. The third-order valence-electron chi connectivity index (χ3n) is 4.88. The molecule has 0 spiro atoms. The van der Waals surface area contributed by atoms with Gasteiger partial charge in [-0.2, -0.15) is 11.8 Å². The van der Waals surface area contributed by atoms with Crippen molar-refractivity contribution >= 4 is 28.7 Å². The summed E-state index contributed by atoms with van der Waals surface area (Å²) in [5.41, 5.74) is 5.00. The van der Waals surface area contributed by atoms with E-state index in [2.05, 4.69) is 41.2 Å². The predicted molar refractivity (Wildman–Crippen MR) is 106 cm³/mol. The molecule has 0 bridgehead atoms. The molecular formula is C21H21N3OS. The largest absolute Gasteiger partial charge is 0.338 e. The number of hydrogen-bond donors (Lipinski definition) is 0. The molecule has 1 aliphatic heterocycles. The van der Waals surface area contributed by atoms with Crippen molar-refractivity contribution in [1.29, 1.82) is 0 Å². The molecule has 1 aromatic heterocycles. The Hall–Kier alpha value is -2.40. The maximum atomic E-state index is 13.0. The van der Waals surface area contributed by atoms with Crippen LogP contribution in [0.1, 0.15) is 33.2 Å². The van der Waals surface area contributed by atoms with Crippen molar-refractivity contribution in [2.45, 2.75) is 18.6 Å². The fraction of sp³-hybridized carbons (Fsp3) is 0.286. The lowest BCUT2D eigenvalue weighted by Gasteiger charge is -2.21. The van der Waals surface area contributed by atoms with Gasteiger partial charge in [0.15, 0.2) is 0 Å². The Labute approximate surface area is 157 Å². The molecule has 1 amide bonds. The molecule has 1 unspecified atom stereocenters. The van der Waals surface area contributed by atoms with E-state index in [9.17, 15) is 4.79 Å². The average Bonchev–Trinajstić information content (AvgIpc) is 2.93. The molecule has 0 saturated carbocycles. The summed E-state index contributed by atoms with van der Waals surface area (Å²) in [5, 5.41) is 0.455. The molecule has 1 fully saturated rings. The number of fused-ring (bicyclic) bond motifs is 1. The molecule has 0 aliphatic carbocycles. The lowest BCUT2D eigenvalue weighted by molar-refractivity contribution is 0.0766. The second kappa shape index (κ2) is 7.46. The predicted octanol–water partition coefficient (Wildman–Crippen LogP) is 4.26. The molecule has 3 aromatic rings. The van der Waals surface area contributed by atoms with Crippen molar-refractivity contribution in [2.24, 2.45) is 0 Å². The summed E-state index contributed by atoms with van der Waals surface area (Å²) in [6.45, 7) is 3.73. The summed E-state index contributed by atoms with van der Waals surface area (Å²) in [4.78, 5) is 23.5. The van der Waals surface area contributed by atoms with Crippen LogP contribution >= 0.6 is 11.8 Å². The van der Waals surface area contributed by atoms with E-state index in [4.69, 9.17) is 0 Å². The van der Waals surface area contributed by atoms with E-state index in [0.29, 0.717) is 10.8 Å². The van der Waals surface area contributed by atoms with E-state index in [-0.39, 0.29) is 5.91 Å². The summed E-state index contributed by atoms with van der Waals surface area (Å²) >= 11 is 1.95. The van der Waals surface area contributed by atoms with Crippen molar-refractivity contribution in [1.82, 2.24) is 14.9 Å². The second-order valence-corrected chi connectivity index (χ2v) is 7.87. The monoisotopic (exact) mass is 363 g/mol. The highest BCUT2D eigenvalue weighted by atomic mass is 32.2. The number of aryl methyl sites for hydroxylation is 1. The van der Waals surface area contributed by atoms with Crippen LogP contribution in [0.25, 0.3) is 11.0 Å². The molecule has 1 aliphatic rings. The van der Waals surface area contributed by atoms with Gasteiger partial charge in [0.05, 0.1) is 11.0 Å². The molecule has 2 aromatic carbocycles. The molecular weight excluding hydrogens is 342 g/mol. The maximum Gasteiger partial charge on any atom is 0.253 e. The summed E-state index contributed by atoms with van der Waals surface area (Å²) < 4.78 is 0. The molecule has 1 saturated heterocycles. The minimum absolute atomic E-state index is 0.0867. The van der Waals surface area contributed by atoms with Crippen LogP contribution in [0.3, 0.4) is 0 Å². The van der Waals surface area contributed by atoms with Crippen LogP contribution in [-0.2, 0) is 0 Å². The number of hydrogen-bond acceptors (Lipinski definition) is 4. The van der Waals surface area contributed by atoms with Gasteiger partial charge in [-0.3, -0.25) is 14.8 Å². The van der Waals surface area contributed by atoms with Crippen LogP contribution < -0.4 is 0 Å². The zero-order chi connectivity index (χ0) is 17.9. The van der Waals surface area contributed by atoms with E-state index in [1.54, 1.807) is 12.4 Å². The molecule has 0 N–H and O–H groups in total. The number of nitrogens with zero attached hydrogens (tertiary/aromatic N) is 3. The van der Waals surface area contributed by atoms with Crippen molar-refractivity contribution in [2.75, 3.05) is 18.8 Å². The Balaban J connectivity index is 1.51. The molecule has 4 nitrogen and oxygen atoms in total. The Morgan fingerprint density at radius 1 is 1.08 bits per heavy atom. The SMILES string of the molecule is Cc1ccccc1C1CCN(C(=O)c2ccc3nccnc3c2)CCS1. The highest BCUT2D eigenvalue weighted by Crippen LogP contribution is 2.36. The Morgan fingerprint density at radius 3 is 2.73 bits per heavy atom. The van der Waals surface area contributed by atoms with E-state index in [1.807, 2.05) is 34.9 Å². The molecule has 4 rings (SSSR count). The number of thioether (sulfide) groups is 1. The summed E-state index contributed by atoms with van der Waals surface area (Å²) in [5.74, 6) is 1.04. The Kier molecular flexibility index (Phi) is 4.89. The van der Waals surface area contributed by atoms with Gasteiger partial charge in [0.25, 0.3) is 5.91 Å². The van der Waals surface area contributed by atoms with Gasteiger partial charge in [-0.25, -0.2) is 0 Å². The van der Waals surface area contributed by atoms with Gasteiger partial charge < -0.3 is 4.90 Å². The fourth-order valence-electron chi connectivity index (χ4n) is 3.45. The summed E-state index contributed by atoms with van der Waals surface area (Å²) in [6.07, 6.45) is 4.31. The van der Waals surface area contributed by atoms with Gasteiger partial charge in [0, 0.05) is 42.0 Å². The van der Waals surface area contributed by atoms with Crippen LogP contribution in [0, 0.1) is 6.92 Å². The first-order valence-corrected chi connectivity index (χ1v) is 9.94. The number of amides is 1. The minimum Gasteiger partial charge on any atom is -0.338 e. The minimum atomic E-state index is 0.0867. The highest BCUT2D eigenvalue weighted by Gasteiger charge is 2.23. The van der Waals surface area contributed by atoms with Gasteiger partial charge in [-0.15, -0.1) is 0 Å². The maximum absolute atomic E-state index is 13.0. The normalized spacial score (nSPS) is 17.9. The smallest absolute Gasteiger partial charge is 0.253 e. The zero-order valence-electron chi connectivity index (χ0n) is 14.8. The standard InChI is InChI=1S/C21H21N3OS/c1-15-4-2-3-5-17(15)20-8-11-24(12-13-26-20)21(25)16-6-7-18-19(14-16)23-10-9-22-18/h2-7,9-10,14,20H,8,11-13H2,1H3. The number of benzene rings is 2. The van der Waals surface area contributed by atoms with E-state index < -0.39 is 0 Å². The number of carbonyl (C=O) groups excluding carboxylic acids is 1. The topological polar surface area (TPSA) is 46.1 Å².